The van der Waals surface area contributed by atoms with Gasteiger partial charge in [0.25, 0.3) is 5.91 Å². The second kappa shape index (κ2) is 7.32. The molecule has 1 aromatic carbocycles. The van der Waals surface area contributed by atoms with Crippen LogP contribution in [0.2, 0.25) is 0 Å². The van der Waals surface area contributed by atoms with Gasteiger partial charge in [0.15, 0.2) is 5.88 Å². The molecule has 32 heavy (non-hydrogen) atoms. The van der Waals surface area contributed by atoms with Gasteiger partial charge in [-0.05, 0) is 52.2 Å². The number of hydrogen-bond donors (Lipinski definition) is 3. The number of rotatable bonds is 3. The fourth-order valence-corrected chi connectivity index (χ4v) is 4.01. The minimum Gasteiger partial charge on any atom is -0.497 e. The first-order chi connectivity index (χ1) is 15.4. The van der Waals surface area contributed by atoms with Crippen molar-refractivity contribution in [2.45, 2.75) is 12.1 Å². The highest BCUT2D eigenvalue weighted by molar-refractivity contribution is 9.10. The van der Waals surface area contributed by atoms with Crippen LogP contribution in [0.1, 0.15) is 5.69 Å². The molecule has 1 atom stereocenters. The number of nitrogens with zero attached hydrogens (tertiary/aromatic N) is 3. The number of pyridine rings is 1. The summed E-state index contributed by atoms with van der Waals surface area (Å²) < 4.78 is 9.31. The first-order valence-electron chi connectivity index (χ1n) is 9.54. The summed E-state index contributed by atoms with van der Waals surface area (Å²) in [4.78, 5) is 29.1. The number of nitrogens with one attached hydrogen (secondary N) is 2. The van der Waals surface area contributed by atoms with Crippen LogP contribution in [0.25, 0.3) is 16.4 Å². The van der Waals surface area contributed by atoms with Crippen LogP contribution in [0.15, 0.2) is 53.4 Å². The van der Waals surface area contributed by atoms with Crippen molar-refractivity contribution in [3.8, 4) is 23.5 Å². The van der Waals surface area contributed by atoms with Crippen molar-refractivity contribution in [3.63, 3.8) is 0 Å². The molecule has 0 radical (unpaired) electrons. The van der Waals surface area contributed by atoms with E-state index in [0.29, 0.717) is 22.5 Å². The van der Waals surface area contributed by atoms with Gasteiger partial charge in [-0.3, -0.25) is 14.5 Å². The highest BCUT2D eigenvalue weighted by atomic mass is 79.9. The Bertz CT molecular complexity index is 1480. The van der Waals surface area contributed by atoms with Crippen LogP contribution in [-0.4, -0.2) is 43.6 Å². The number of halogens is 1. The van der Waals surface area contributed by atoms with Gasteiger partial charge in [-0.25, -0.2) is 9.78 Å². The minimum atomic E-state index is -1.58. The summed E-state index contributed by atoms with van der Waals surface area (Å²) in [5.74, 6) is 5.79. The van der Waals surface area contributed by atoms with Crippen molar-refractivity contribution >= 4 is 44.3 Å². The van der Waals surface area contributed by atoms with E-state index in [1.165, 1.54) is 11.7 Å². The van der Waals surface area contributed by atoms with Gasteiger partial charge in [-0.2, -0.15) is 0 Å². The Kier molecular flexibility index (Phi) is 4.56. The predicted molar refractivity (Wildman–Crippen MR) is 119 cm³/mol. The molecule has 3 N–H and O–H groups in total. The zero-order valence-corrected chi connectivity index (χ0v) is 18.3. The van der Waals surface area contributed by atoms with Gasteiger partial charge in [0.05, 0.1) is 19.9 Å². The van der Waals surface area contributed by atoms with E-state index in [-0.39, 0.29) is 12.4 Å². The average molecular weight is 494 g/mol. The van der Waals surface area contributed by atoms with E-state index < -0.39 is 17.5 Å². The Labute approximate surface area is 190 Å². The molecule has 10 heteroatoms. The number of aromatic nitrogens is 3. The second-order valence-electron chi connectivity index (χ2n) is 7.32. The molecule has 0 bridgehead atoms. The average Bonchev–Trinajstić information content (AvgIpc) is 3.40. The number of carbonyl (C=O) groups excluding carboxylic acids is 2. The molecule has 9 nitrogen and oxygen atoms in total. The molecule has 0 spiro atoms. The lowest BCUT2D eigenvalue weighted by Gasteiger charge is -2.20. The maximum Gasteiger partial charge on any atom is 0.323 e. The number of hydrogen-bond acceptors (Lipinski definition) is 5. The maximum atomic E-state index is 12.8. The van der Waals surface area contributed by atoms with Gasteiger partial charge in [-0.15, -0.1) is 0 Å². The molecule has 3 aromatic heterocycles. The largest absolute Gasteiger partial charge is 0.497 e. The van der Waals surface area contributed by atoms with Crippen molar-refractivity contribution in [2.24, 2.45) is 0 Å². The number of benzene rings is 1. The molecular weight excluding hydrogens is 478 g/mol. The Balaban J connectivity index is 1.58. The molecule has 1 saturated heterocycles. The fourth-order valence-electron chi connectivity index (χ4n) is 3.68. The van der Waals surface area contributed by atoms with Crippen molar-refractivity contribution in [1.82, 2.24) is 24.6 Å². The Morgan fingerprint density at radius 3 is 2.84 bits per heavy atom. The molecule has 4 heterocycles. The number of carbonyl (C=O) groups is 2. The zero-order valence-electron chi connectivity index (χ0n) is 16.7. The van der Waals surface area contributed by atoms with Crippen LogP contribution < -0.4 is 15.4 Å². The Morgan fingerprint density at radius 1 is 1.25 bits per heavy atom. The lowest BCUT2D eigenvalue weighted by Crippen LogP contribution is -2.49. The first kappa shape index (κ1) is 20.0. The number of methoxy groups -OCH3 is 1. The highest BCUT2D eigenvalue weighted by Crippen LogP contribution is 2.32. The maximum absolute atomic E-state index is 12.8. The molecule has 5 rings (SSSR count). The molecular formula is C22H16BrN5O4. The summed E-state index contributed by atoms with van der Waals surface area (Å²) in [6.45, 7) is -0.0964. The number of imidazole rings is 1. The van der Waals surface area contributed by atoms with Crippen LogP contribution in [0.5, 0.6) is 11.6 Å². The van der Waals surface area contributed by atoms with Gasteiger partial charge in [0.1, 0.15) is 17.1 Å². The Morgan fingerprint density at radius 2 is 2.09 bits per heavy atom. The number of urea groups is 1. The molecule has 1 aliphatic rings. The Hall–Kier alpha value is -3.97. The van der Waals surface area contributed by atoms with Crippen LogP contribution in [0, 0.1) is 11.8 Å². The summed E-state index contributed by atoms with van der Waals surface area (Å²) in [7, 11) is 1.54. The number of aromatic hydroxyl groups is 1. The lowest BCUT2D eigenvalue weighted by atomic mass is 10.0. The molecule has 1 fully saturated rings. The van der Waals surface area contributed by atoms with Crippen molar-refractivity contribution in [3.05, 3.63) is 59.1 Å². The fraction of sp³-hybridized carbons (Fsp3) is 0.136. The number of amides is 3. The van der Waals surface area contributed by atoms with E-state index >= 15 is 0 Å². The topological polar surface area (TPSA) is 110 Å². The van der Waals surface area contributed by atoms with Crippen molar-refractivity contribution in [1.29, 1.82) is 0 Å². The van der Waals surface area contributed by atoms with Crippen molar-refractivity contribution in [2.75, 3.05) is 7.11 Å². The molecule has 0 unspecified atom stereocenters. The zero-order chi connectivity index (χ0) is 22.5. The van der Waals surface area contributed by atoms with Crippen molar-refractivity contribution < 1.29 is 19.4 Å². The number of ether oxygens (including phenoxy) is 1. The lowest BCUT2D eigenvalue weighted by molar-refractivity contribution is -0.122. The third kappa shape index (κ3) is 3.23. The first-order valence-corrected chi connectivity index (χ1v) is 10.3. The number of imide groups is 1. The van der Waals surface area contributed by atoms with Gasteiger partial charge in [0.2, 0.25) is 5.54 Å². The van der Waals surface area contributed by atoms with Crippen LogP contribution in [0.3, 0.4) is 0 Å². The van der Waals surface area contributed by atoms with E-state index in [9.17, 15) is 14.7 Å². The second-order valence-corrected chi connectivity index (χ2v) is 8.23. The molecule has 4 aromatic rings. The van der Waals surface area contributed by atoms with Gasteiger partial charge in [0, 0.05) is 27.6 Å². The quantitative estimate of drug-likeness (QED) is 0.300. The van der Waals surface area contributed by atoms with Crippen LogP contribution >= 0.6 is 15.9 Å². The third-order valence-corrected chi connectivity index (χ3v) is 5.76. The van der Waals surface area contributed by atoms with E-state index in [1.807, 2.05) is 18.3 Å². The molecule has 0 saturated carbocycles. The number of fused-ring (bicyclic) bond motifs is 2. The van der Waals surface area contributed by atoms with Gasteiger partial charge in [-0.1, -0.05) is 5.92 Å². The SMILES string of the molecule is COc1ccc2cn(C[C@@]3(C#Cc4cnc5ccc(Br)cn45)NC(=O)NC3=O)c(O)c2c1. The molecule has 1 aliphatic heterocycles. The van der Waals surface area contributed by atoms with Gasteiger partial charge >= 0.3 is 6.03 Å². The standard InChI is InChI=1S/C22H16BrN5O4/c1-32-16-4-2-13-10-27(19(29)17(13)8-16)12-22(20(30)25-21(31)26-22)7-6-15-9-24-18-5-3-14(23)11-28(15)18/h2-5,8-11,29H,12H2,1H3,(H2,25,26,30,31)/t22-/m1/s1. The summed E-state index contributed by atoms with van der Waals surface area (Å²) in [5.41, 5.74) is -0.347. The summed E-state index contributed by atoms with van der Waals surface area (Å²) >= 11 is 3.42. The van der Waals surface area contributed by atoms with E-state index in [1.54, 1.807) is 35.0 Å². The van der Waals surface area contributed by atoms with E-state index in [2.05, 4.69) is 43.4 Å². The van der Waals surface area contributed by atoms with Crippen LogP contribution in [-0.2, 0) is 11.3 Å². The predicted octanol–water partition coefficient (Wildman–Crippen LogP) is 2.40. The van der Waals surface area contributed by atoms with Gasteiger partial charge < -0.3 is 19.7 Å². The summed E-state index contributed by atoms with van der Waals surface area (Å²) in [6.07, 6.45) is 5.09. The molecule has 160 valence electrons. The van der Waals surface area contributed by atoms with Crippen LogP contribution in [0.4, 0.5) is 4.79 Å². The monoisotopic (exact) mass is 493 g/mol. The summed E-state index contributed by atoms with van der Waals surface area (Å²) in [6, 6.07) is 8.31. The molecule has 3 amide bonds. The van der Waals surface area contributed by atoms with E-state index in [0.717, 1.165) is 9.86 Å². The van der Waals surface area contributed by atoms with E-state index in [4.69, 9.17) is 4.74 Å². The highest BCUT2D eigenvalue weighted by Gasteiger charge is 2.46. The third-order valence-electron chi connectivity index (χ3n) is 5.29. The summed E-state index contributed by atoms with van der Waals surface area (Å²) in [5, 5.41) is 16.9. The molecule has 0 aliphatic carbocycles. The normalized spacial score (nSPS) is 17.8. The smallest absolute Gasteiger partial charge is 0.323 e. The minimum absolute atomic E-state index is 0.0623.